The molecule has 1 aliphatic heterocycles. The van der Waals surface area contributed by atoms with Crippen molar-refractivity contribution >= 4 is 60.2 Å². The topological polar surface area (TPSA) is 188 Å². The highest BCUT2D eigenvalue weighted by atomic mass is 32.2. The van der Waals surface area contributed by atoms with Gasteiger partial charge in [-0.3, -0.25) is 4.99 Å². The van der Waals surface area contributed by atoms with Crippen LogP contribution in [0.15, 0.2) is 49.4 Å². The van der Waals surface area contributed by atoms with Crippen molar-refractivity contribution in [2.75, 3.05) is 52.6 Å². The van der Waals surface area contributed by atoms with Gasteiger partial charge in [0.25, 0.3) is 10.0 Å². The van der Waals surface area contributed by atoms with E-state index in [1.165, 1.54) is 47.0 Å². The molecule has 0 saturated carbocycles. The van der Waals surface area contributed by atoms with Crippen molar-refractivity contribution in [1.82, 2.24) is 24.2 Å². The lowest BCUT2D eigenvalue weighted by atomic mass is 10.4. The lowest BCUT2D eigenvalue weighted by molar-refractivity contribution is 0.222. The molecule has 0 aliphatic carbocycles. The normalized spacial score (nSPS) is 15.9. The van der Waals surface area contributed by atoms with Crippen LogP contribution in [0.5, 0.6) is 0 Å². The highest BCUT2D eigenvalue weighted by Gasteiger charge is 2.28. The molecule has 2 heterocycles. The van der Waals surface area contributed by atoms with Crippen molar-refractivity contribution in [3.8, 4) is 0 Å². The molecular weight excluding hydrogens is 559 g/mol. The van der Waals surface area contributed by atoms with E-state index in [9.17, 15) is 16.8 Å². The largest absolute Gasteiger partial charge is 0.370 e. The summed E-state index contributed by atoms with van der Waals surface area (Å²) in [4.78, 5) is 14.0. The monoisotopic (exact) mass is 589 g/mol. The number of thiazole rings is 1. The number of nitrogens with zero attached hydrogens (tertiary/aromatic N) is 5. The van der Waals surface area contributed by atoms with E-state index in [4.69, 9.17) is 11.5 Å². The maximum Gasteiger partial charge on any atom is 0.264 e. The number of thioether (sulfide) groups is 1. The van der Waals surface area contributed by atoms with Crippen molar-refractivity contribution in [3.63, 3.8) is 0 Å². The van der Waals surface area contributed by atoms with E-state index in [0.717, 1.165) is 5.69 Å². The van der Waals surface area contributed by atoms with Gasteiger partial charge < -0.3 is 21.7 Å². The number of nitrogens with two attached hydrogens (primary N) is 2. The van der Waals surface area contributed by atoms with E-state index in [0.29, 0.717) is 49.4 Å². The van der Waals surface area contributed by atoms with Crippen LogP contribution in [0.2, 0.25) is 0 Å². The first-order chi connectivity index (χ1) is 17.5. The molecule has 1 saturated heterocycles. The van der Waals surface area contributed by atoms with Gasteiger partial charge in [0.05, 0.1) is 15.5 Å². The van der Waals surface area contributed by atoms with E-state index in [-0.39, 0.29) is 21.7 Å². The quantitative estimate of drug-likeness (QED) is 0.164. The molecule has 1 aromatic carbocycles. The standard InChI is InChI=1S/C20H31N9O4S4/c1-23-19(24-6-11-34-13-15-14-35-20(25-15)26-18(21)22)27-36(30,31)16-4-3-5-17(12-16)37(32,33)29-9-7-28(2)8-10-29/h3-5,12,14H,6-11,13H2,1-2H3,(H2,23,24,27)(H4,21,22,25,26). The second kappa shape index (κ2) is 12.9. The SMILES string of the molecule is CN=C(NCCSCc1csc(N=C(N)N)n1)NS(=O)(=O)c1cccc(S(=O)(=O)N2CCN(C)CC2)c1. The summed E-state index contributed by atoms with van der Waals surface area (Å²) in [7, 11) is -4.50. The summed E-state index contributed by atoms with van der Waals surface area (Å²) >= 11 is 2.93. The molecule has 13 nitrogen and oxygen atoms in total. The minimum atomic E-state index is -4.07. The van der Waals surface area contributed by atoms with Gasteiger partial charge >= 0.3 is 0 Å². The third-order valence-electron chi connectivity index (χ3n) is 5.22. The van der Waals surface area contributed by atoms with E-state index in [1.54, 1.807) is 11.8 Å². The number of benzene rings is 1. The molecule has 0 unspecified atom stereocenters. The number of piperazine rings is 1. The van der Waals surface area contributed by atoms with Crippen molar-refractivity contribution < 1.29 is 16.8 Å². The number of aliphatic imine (C=N–C) groups is 2. The molecule has 3 rings (SSSR count). The van der Waals surface area contributed by atoms with Crippen LogP contribution in [-0.2, 0) is 25.8 Å². The number of sulfonamides is 2. The molecule has 6 N–H and O–H groups in total. The number of likely N-dealkylation sites (N-methyl/N-ethyl adjacent to an activating group) is 1. The molecule has 204 valence electrons. The van der Waals surface area contributed by atoms with Crippen LogP contribution < -0.4 is 21.5 Å². The van der Waals surface area contributed by atoms with Crippen molar-refractivity contribution in [1.29, 1.82) is 0 Å². The van der Waals surface area contributed by atoms with Gasteiger partial charge in [0.2, 0.25) is 21.1 Å². The molecule has 0 amide bonds. The molecule has 0 spiro atoms. The fourth-order valence-corrected chi connectivity index (χ4v) is 7.45. The van der Waals surface area contributed by atoms with Gasteiger partial charge in [-0.2, -0.15) is 21.1 Å². The zero-order valence-corrected chi connectivity index (χ0v) is 23.8. The number of aromatic nitrogens is 1. The fourth-order valence-electron chi connectivity index (χ4n) is 3.27. The second-order valence-electron chi connectivity index (χ2n) is 8.00. The third-order valence-corrected chi connectivity index (χ3v) is 10.2. The van der Waals surface area contributed by atoms with Gasteiger partial charge in [-0.05, 0) is 25.2 Å². The average molecular weight is 590 g/mol. The number of hydrogen-bond acceptors (Lipinski definition) is 10. The Hall–Kier alpha value is -2.44. The van der Waals surface area contributed by atoms with E-state index in [1.807, 2.05) is 17.3 Å². The average Bonchev–Trinajstić information content (AvgIpc) is 3.29. The van der Waals surface area contributed by atoms with E-state index in [2.05, 4.69) is 25.0 Å². The molecule has 0 radical (unpaired) electrons. The van der Waals surface area contributed by atoms with Gasteiger partial charge in [-0.15, -0.1) is 11.3 Å². The Balaban J connectivity index is 1.55. The van der Waals surface area contributed by atoms with Gasteiger partial charge in [0.1, 0.15) is 0 Å². The lowest BCUT2D eigenvalue weighted by Gasteiger charge is -2.31. The van der Waals surface area contributed by atoms with Crippen LogP contribution in [0.3, 0.4) is 0 Å². The predicted octanol–water partition coefficient (Wildman–Crippen LogP) is -0.229. The molecule has 1 aliphatic rings. The zero-order chi connectivity index (χ0) is 27.1. The first-order valence-electron chi connectivity index (χ1n) is 11.2. The molecular formula is C20H31N9O4S4. The molecule has 2 aromatic rings. The highest BCUT2D eigenvalue weighted by molar-refractivity contribution is 7.98. The fraction of sp³-hybridized carbons (Fsp3) is 0.450. The number of hydrogen-bond donors (Lipinski definition) is 4. The van der Waals surface area contributed by atoms with Crippen LogP contribution >= 0.6 is 23.1 Å². The smallest absolute Gasteiger partial charge is 0.264 e. The summed E-state index contributed by atoms with van der Waals surface area (Å²) in [6, 6.07) is 5.34. The van der Waals surface area contributed by atoms with E-state index >= 15 is 0 Å². The summed E-state index contributed by atoms with van der Waals surface area (Å²) in [5.74, 6) is 1.29. The maximum absolute atomic E-state index is 13.0. The number of rotatable bonds is 10. The summed E-state index contributed by atoms with van der Waals surface area (Å²) in [6.07, 6.45) is 0. The van der Waals surface area contributed by atoms with Crippen LogP contribution in [0.25, 0.3) is 0 Å². The Morgan fingerprint density at radius 3 is 2.54 bits per heavy atom. The molecule has 17 heteroatoms. The van der Waals surface area contributed by atoms with Crippen LogP contribution in [0.4, 0.5) is 5.13 Å². The zero-order valence-electron chi connectivity index (χ0n) is 20.5. The third kappa shape index (κ3) is 8.27. The molecule has 1 aromatic heterocycles. The molecule has 0 atom stereocenters. The lowest BCUT2D eigenvalue weighted by Crippen LogP contribution is -2.47. The Morgan fingerprint density at radius 1 is 1.16 bits per heavy atom. The van der Waals surface area contributed by atoms with Gasteiger partial charge in [-0.25, -0.2) is 26.5 Å². The van der Waals surface area contributed by atoms with Crippen molar-refractivity contribution in [2.45, 2.75) is 15.5 Å². The number of guanidine groups is 2. The van der Waals surface area contributed by atoms with Crippen LogP contribution in [0.1, 0.15) is 5.69 Å². The summed E-state index contributed by atoms with van der Waals surface area (Å²) in [5, 5.41) is 5.31. The summed E-state index contributed by atoms with van der Waals surface area (Å²) in [6.45, 7) is 2.36. The first-order valence-corrected chi connectivity index (χ1v) is 16.1. The van der Waals surface area contributed by atoms with Gasteiger partial charge in [0.15, 0.2) is 5.96 Å². The minimum Gasteiger partial charge on any atom is -0.370 e. The first kappa shape index (κ1) is 29.1. The Labute approximate surface area is 225 Å². The minimum absolute atomic E-state index is 0.0463. The Kier molecular flexibility index (Phi) is 10.1. The molecule has 1 fully saturated rings. The van der Waals surface area contributed by atoms with Crippen LogP contribution in [0, 0.1) is 0 Å². The van der Waals surface area contributed by atoms with Crippen molar-refractivity contribution in [2.24, 2.45) is 21.5 Å². The van der Waals surface area contributed by atoms with Gasteiger partial charge in [0, 0.05) is 56.7 Å². The molecule has 37 heavy (non-hydrogen) atoms. The van der Waals surface area contributed by atoms with E-state index < -0.39 is 20.0 Å². The predicted molar refractivity (Wildman–Crippen MR) is 148 cm³/mol. The molecule has 0 bridgehead atoms. The van der Waals surface area contributed by atoms with Gasteiger partial charge in [-0.1, -0.05) is 6.07 Å². The Bertz CT molecular complexity index is 1330. The Morgan fingerprint density at radius 2 is 1.86 bits per heavy atom. The number of nitrogens with one attached hydrogen (secondary N) is 2. The van der Waals surface area contributed by atoms with Crippen LogP contribution in [-0.4, -0.2) is 95.5 Å². The second-order valence-corrected chi connectivity index (χ2v) is 13.6. The van der Waals surface area contributed by atoms with Crippen molar-refractivity contribution in [3.05, 3.63) is 35.3 Å². The summed E-state index contributed by atoms with van der Waals surface area (Å²) < 4.78 is 55.8. The summed E-state index contributed by atoms with van der Waals surface area (Å²) in [5.41, 5.74) is 11.5. The highest BCUT2D eigenvalue weighted by Crippen LogP contribution is 2.22. The maximum atomic E-state index is 13.0.